The van der Waals surface area contributed by atoms with Gasteiger partial charge in [0.05, 0.1) is 22.7 Å². The summed E-state index contributed by atoms with van der Waals surface area (Å²) in [6, 6.07) is 16.0. The van der Waals surface area contributed by atoms with Crippen LogP contribution in [-0.4, -0.2) is 15.5 Å². The van der Waals surface area contributed by atoms with E-state index < -0.39 is 0 Å². The smallest absolute Gasteiger partial charge is 0.227 e. The first kappa shape index (κ1) is 19.2. The third-order valence-electron chi connectivity index (χ3n) is 6.14. The van der Waals surface area contributed by atoms with Crippen LogP contribution in [0.5, 0.6) is 0 Å². The van der Waals surface area contributed by atoms with Crippen LogP contribution in [0, 0.1) is 18.3 Å². The molecule has 1 atom stereocenters. The zero-order valence-corrected chi connectivity index (χ0v) is 17.2. The number of fused-ring (bicyclic) bond motifs is 1. The average molecular weight is 386 g/mol. The molecule has 1 amide bonds. The normalized spacial score (nSPS) is 16.1. The second-order valence-corrected chi connectivity index (χ2v) is 8.50. The number of nitriles is 1. The molecule has 5 nitrogen and oxygen atoms in total. The van der Waals surface area contributed by atoms with Gasteiger partial charge in [0.1, 0.15) is 0 Å². The summed E-state index contributed by atoms with van der Waals surface area (Å²) in [5, 5.41) is 12.3. The summed E-state index contributed by atoms with van der Waals surface area (Å²) in [6.07, 6.45) is 3.63. The molecule has 1 heterocycles. The molecule has 0 bridgehead atoms. The fourth-order valence-electron chi connectivity index (χ4n) is 4.15. The Kier molecular flexibility index (Phi) is 4.87. The van der Waals surface area contributed by atoms with Crippen molar-refractivity contribution in [3.8, 4) is 6.07 Å². The first-order chi connectivity index (χ1) is 13.9. The van der Waals surface area contributed by atoms with E-state index in [1.54, 1.807) is 6.07 Å². The fraction of sp³-hybridized carbons (Fsp3) is 0.375. The number of hydrogen-bond acceptors (Lipinski definition) is 3. The Morgan fingerprint density at radius 2 is 2.00 bits per heavy atom. The Labute approximate surface area is 171 Å². The highest BCUT2D eigenvalue weighted by atomic mass is 16.1. The van der Waals surface area contributed by atoms with Gasteiger partial charge in [-0.15, -0.1) is 0 Å². The lowest BCUT2D eigenvalue weighted by molar-refractivity contribution is -0.116. The van der Waals surface area contributed by atoms with Crippen LogP contribution < -0.4 is 5.32 Å². The first-order valence-corrected chi connectivity index (χ1v) is 10.2. The molecule has 1 saturated carbocycles. The van der Waals surface area contributed by atoms with E-state index in [4.69, 9.17) is 0 Å². The molecular weight excluding hydrogens is 360 g/mol. The van der Waals surface area contributed by atoms with Gasteiger partial charge in [0.25, 0.3) is 0 Å². The number of anilines is 1. The summed E-state index contributed by atoms with van der Waals surface area (Å²) in [5.41, 5.74) is 4.61. The van der Waals surface area contributed by atoms with Gasteiger partial charge in [0, 0.05) is 12.0 Å². The second kappa shape index (κ2) is 7.36. The molecule has 0 radical (unpaired) electrons. The molecule has 2 aromatic carbocycles. The molecule has 1 aliphatic carbocycles. The first-order valence-electron chi connectivity index (χ1n) is 10.2. The van der Waals surface area contributed by atoms with Gasteiger partial charge in [-0.3, -0.25) is 10.1 Å². The van der Waals surface area contributed by atoms with E-state index in [0.717, 1.165) is 35.9 Å². The van der Waals surface area contributed by atoms with Crippen molar-refractivity contribution in [3.63, 3.8) is 0 Å². The van der Waals surface area contributed by atoms with Crippen molar-refractivity contribution in [2.24, 2.45) is 0 Å². The van der Waals surface area contributed by atoms with Gasteiger partial charge < -0.3 is 4.57 Å². The molecule has 4 rings (SSSR count). The molecule has 0 spiro atoms. The monoisotopic (exact) mass is 386 g/mol. The average Bonchev–Trinajstić information content (AvgIpc) is 3.03. The van der Waals surface area contributed by atoms with Crippen LogP contribution in [0.2, 0.25) is 0 Å². The largest absolute Gasteiger partial charge is 0.304 e. The summed E-state index contributed by atoms with van der Waals surface area (Å²) < 4.78 is 2.13. The van der Waals surface area contributed by atoms with Crippen molar-refractivity contribution in [1.29, 1.82) is 5.26 Å². The molecule has 1 aromatic heterocycles. The Hall–Kier alpha value is -3.13. The minimum atomic E-state index is -0.0754. The van der Waals surface area contributed by atoms with Crippen molar-refractivity contribution in [3.05, 3.63) is 59.2 Å². The van der Waals surface area contributed by atoms with E-state index in [9.17, 15) is 10.1 Å². The number of carbonyl (C=O) groups excluding carboxylic acids is 1. The summed E-state index contributed by atoms with van der Waals surface area (Å²) in [6.45, 7) is 6.32. The van der Waals surface area contributed by atoms with Crippen molar-refractivity contribution < 1.29 is 4.79 Å². The van der Waals surface area contributed by atoms with E-state index in [-0.39, 0.29) is 17.4 Å². The summed E-state index contributed by atoms with van der Waals surface area (Å²) in [7, 11) is 0. The number of aromatic nitrogens is 2. The van der Waals surface area contributed by atoms with Crippen LogP contribution in [0.25, 0.3) is 11.0 Å². The van der Waals surface area contributed by atoms with E-state index in [0.29, 0.717) is 17.9 Å². The maximum atomic E-state index is 12.8. The van der Waals surface area contributed by atoms with Crippen molar-refractivity contribution in [1.82, 2.24) is 9.55 Å². The molecule has 5 heteroatoms. The van der Waals surface area contributed by atoms with Gasteiger partial charge in [-0.1, -0.05) is 36.8 Å². The van der Waals surface area contributed by atoms with Crippen LogP contribution in [0.15, 0.2) is 42.5 Å². The number of benzene rings is 2. The fourth-order valence-corrected chi connectivity index (χ4v) is 4.15. The number of amides is 1. The van der Waals surface area contributed by atoms with Crippen molar-refractivity contribution in [2.75, 3.05) is 5.32 Å². The Morgan fingerprint density at radius 1 is 1.28 bits per heavy atom. The predicted molar refractivity (Wildman–Crippen MR) is 115 cm³/mol. The molecule has 1 N–H and O–H groups in total. The molecular formula is C24H26N4O. The minimum absolute atomic E-state index is 0.0435. The van der Waals surface area contributed by atoms with Crippen LogP contribution in [0.4, 0.5) is 5.95 Å². The van der Waals surface area contributed by atoms with Gasteiger partial charge >= 0.3 is 0 Å². The van der Waals surface area contributed by atoms with E-state index in [1.165, 1.54) is 5.56 Å². The van der Waals surface area contributed by atoms with Gasteiger partial charge in [-0.05, 0) is 62.8 Å². The highest BCUT2D eigenvalue weighted by Gasteiger charge is 2.37. The molecule has 148 valence electrons. The van der Waals surface area contributed by atoms with E-state index in [2.05, 4.69) is 66.0 Å². The molecule has 29 heavy (non-hydrogen) atoms. The number of nitrogens with one attached hydrogen (secondary N) is 1. The number of imidazole rings is 1. The van der Waals surface area contributed by atoms with E-state index >= 15 is 0 Å². The summed E-state index contributed by atoms with van der Waals surface area (Å²) >= 11 is 0. The van der Waals surface area contributed by atoms with Crippen molar-refractivity contribution >= 4 is 22.9 Å². The van der Waals surface area contributed by atoms with Gasteiger partial charge in [0.15, 0.2) is 0 Å². The predicted octanol–water partition coefficient (Wildman–Crippen LogP) is 5.25. The van der Waals surface area contributed by atoms with Gasteiger partial charge in [0.2, 0.25) is 11.9 Å². The highest BCUT2D eigenvalue weighted by Crippen LogP contribution is 2.43. The minimum Gasteiger partial charge on any atom is -0.304 e. The van der Waals surface area contributed by atoms with Crippen LogP contribution >= 0.6 is 0 Å². The number of nitrogens with zero attached hydrogens (tertiary/aromatic N) is 3. The van der Waals surface area contributed by atoms with Gasteiger partial charge in [-0.25, -0.2) is 4.98 Å². The van der Waals surface area contributed by atoms with Crippen molar-refractivity contribution in [2.45, 2.75) is 57.9 Å². The standard InChI is InChI=1S/C24H26N4O/c1-16-5-8-19(9-6-16)17(2)13-22(29)27-23-26-20-10-7-18(15-25)14-21(20)28(23)24(3)11-4-12-24/h5-10,14,17H,4,11-13H2,1-3H3,(H,26,27,29). The zero-order valence-electron chi connectivity index (χ0n) is 17.2. The zero-order chi connectivity index (χ0) is 20.6. The quantitative estimate of drug-likeness (QED) is 0.651. The van der Waals surface area contributed by atoms with Gasteiger partial charge in [-0.2, -0.15) is 5.26 Å². The Balaban J connectivity index is 1.61. The molecule has 0 saturated heterocycles. The number of rotatable bonds is 5. The maximum Gasteiger partial charge on any atom is 0.227 e. The van der Waals surface area contributed by atoms with Crippen LogP contribution in [0.1, 0.15) is 62.1 Å². The lowest BCUT2D eigenvalue weighted by Crippen LogP contribution is -2.38. The lowest BCUT2D eigenvalue weighted by Gasteiger charge is -2.41. The summed E-state index contributed by atoms with van der Waals surface area (Å²) in [4.78, 5) is 17.5. The Bertz CT molecular complexity index is 1100. The van der Waals surface area contributed by atoms with Crippen LogP contribution in [-0.2, 0) is 10.3 Å². The molecule has 3 aromatic rings. The lowest BCUT2D eigenvalue weighted by atomic mass is 9.78. The Morgan fingerprint density at radius 3 is 2.62 bits per heavy atom. The number of hydrogen-bond donors (Lipinski definition) is 1. The second-order valence-electron chi connectivity index (χ2n) is 8.50. The summed E-state index contributed by atoms with van der Waals surface area (Å²) in [5.74, 6) is 0.661. The maximum absolute atomic E-state index is 12.8. The molecule has 1 aliphatic rings. The SMILES string of the molecule is Cc1ccc(C(C)CC(=O)Nc2nc3ccc(C#N)cc3n2C2(C)CCC2)cc1. The topological polar surface area (TPSA) is 70.7 Å². The molecule has 1 unspecified atom stereocenters. The highest BCUT2D eigenvalue weighted by molar-refractivity contribution is 5.92. The van der Waals surface area contributed by atoms with Crippen LogP contribution in [0.3, 0.4) is 0 Å². The third kappa shape index (κ3) is 3.63. The number of carbonyl (C=O) groups is 1. The third-order valence-corrected chi connectivity index (χ3v) is 6.14. The van der Waals surface area contributed by atoms with E-state index in [1.807, 2.05) is 12.1 Å². The molecule has 0 aliphatic heterocycles. The number of aryl methyl sites for hydroxylation is 1. The molecule has 1 fully saturated rings.